The van der Waals surface area contributed by atoms with Crippen molar-refractivity contribution in [3.05, 3.63) is 103 Å². The van der Waals surface area contributed by atoms with E-state index >= 15 is 0 Å². The fourth-order valence-electron chi connectivity index (χ4n) is 3.64. The van der Waals surface area contributed by atoms with Crippen molar-refractivity contribution in [2.24, 2.45) is 0 Å². The number of aromatic amines is 1. The summed E-state index contributed by atoms with van der Waals surface area (Å²) in [4.78, 5) is 12.4. The lowest BCUT2D eigenvalue weighted by Crippen LogP contribution is -2.15. The molecule has 0 amide bonds. The Labute approximate surface area is 168 Å². The van der Waals surface area contributed by atoms with Gasteiger partial charge in [-0.2, -0.15) is 5.10 Å². The molecule has 0 saturated heterocycles. The summed E-state index contributed by atoms with van der Waals surface area (Å²) < 4.78 is 1.70. The number of H-pyrrole nitrogens is 1. The largest absolute Gasteiger partial charge is 0.368 e. The molecular weight excluding hydrogens is 360 g/mol. The number of nitrogens with one attached hydrogen (secondary N) is 2. The highest BCUT2D eigenvalue weighted by Gasteiger charge is 2.18. The van der Waals surface area contributed by atoms with Gasteiger partial charge in [0.05, 0.1) is 12.4 Å². The molecule has 0 aliphatic carbocycles. The van der Waals surface area contributed by atoms with Gasteiger partial charge in [0, 0.05) is 42.0 Å². The quantitative estimate of drug-likeness (QED) is 0.458. The smallest absolute Gasteiger partial charge is 0.173 e. The Kier molecular flexibility index (Phi) is 4.50. The van der Waals surface area contributed by atoms with E-state index in [1.165, 1.54) is 16.5 Å². The van der Waals surface area contributed by atoms with E-state index in [4.69, 9.17) is 0 Å². The second-order valence-electron chi connectivity index (χ2n) is 6.85. The molecule has 0 radical (unpaired) electrons. The zero-order chi connectivity index (χ0) is 19.5. The van der Waals surface area contributed by atoms with Gasteiger partial charge in [-0.05, 0) is 23.3 Å². The van der Waals surface area contributed by atoms with E-state index in [0.29, 0.717) is 12.4 Å². The number of nitrogens with zero attached hydrogens (tertiary/aromatic N) is 4. The highest BCUT2D eigenvalue weighted by molar-refractivity contribution is 5.84. The summed E-state index contributed by atoms with van der Waals surface area (Å²) >= 11 is 0. The van der Waals surface area contributed by atoms with Crippen molar-refractivity contribution in [2.75, 3.05) is 11.9 Å². The molecule has 0 saturated carbocycles. The Morgan fingerprint density at radius 1 is 0.966 bits per heavy atom. The Morgan fingerprint density at radius 2 is 1.83 bits per heavy atom. The Bertz CT molecular complexity index is 1210. The van der Waals surface area contributed by atoms with Crippen LogP contribution in [0.3, 0.4) is 0 Å². The minimum Gasteiger partial charge on any atom is -0.368 e. The van der Waals surface area contributed by atoms with Gasteiger partial charge in [0.1, 0.15) is 5.82 Å². The summed E-state index contributed by atoms with van der Waals surface area (Å²) in [6.07, 6.45) is 9.13. The number of aromatic nitrogens is 5. The summed E-state index contributed by atoms with van der Waals surface area (Å²) in [5.74, 6) is 1.57. The first-order valence-corrected chi connectivity index (χ1v) is 9.55. The predicted molar refractivity (Wildman–Crippen MR) is 114 cm³/mol. The topological polar surface area (TPSA) is 71.4 Å². The lowest BCUT2D eigenvalue weighted by atomic mass is 9.91. The standard InChI is InChI=1S/C23H20N6/c1-2-7-17(8-3-1)19(20-14-25-21-10-5-4-9-18(20)21)13-26-22-15-24-16-23(28-22)29-12-6-11-27-29/h1-12,14-16,19,25H,13H2,(H,26,28). The molecule has 0 bridgehead atoms. The molecule has 0 fully saturated rings. The van der Waals surface area contributed by atoms with Gasteiger partial charge in [-0.1, -0.05) is 48.5 Å². The highest BCUT2D eigenvalue weighted by atomic mass is 15.3. The van der Waals surface area contributed by atoms with E-state index in [9.17, 15) is 0 Å². The Balaban J connectivity index is 1.46. The van der Waals surface area contributed by atoms with Crippen molar-refractivity contribution in [1.82, 2.24) is 24.7 Å². The monoisotopic (exact) mass is 380 g/mol. The molecule has 2 N–H and O–H groups in total. The minimum absolute atomic E-state index is 0.169. The molecule has 5 aromatic rings. The minimum atomic E-state index is 0.169. The average Bonchev–Trinajstić information content (AvgIpc) is 3.46. The fraction of sp³-hybridized carbons (Fsp3) is 0.0870. The zero-order valence-corrected chi connectivity index (χ0v) is 15.7. The van der Waals surface area contributed by atoms with E-state index in [2.05, 4.69) is 80.1 Å². The number of benzene rings is 2. The molecule has 5 rings (SSSR count). The van der Waals surface area contributed by atoms with E-state index in [-0.39, 0.29) is 5.92 Å². The molecule has 2 aromatic carbocycles. The third-order valence-electron chi connectivity index (χ3n) is 5.05. The van der Waals surface area contributed by atoms with Crippen LogP contribution in [-0.2, 0) is 0 Å². The third-order valence-corrected chi connectivity index (χ3v) is 5.05. The fourth-order valence-corrected chi connectivity index (χ4v) is 3.64. The number of hydrogen-bond acceptors (Lipinski definition) is 4. The average molecular weight is 380 g/mol. The predicted octanol–water partition coefficient (Wildman–Crippen LogP) is 4.39. The van der Waals surface area contributed by atoms with Crippen LogP contribution < -0.4 is 5.32 Å². The molecular formula is C23H20N6. The second kappa shape index (κ2) is 7.59. The number of fused-ring (bicyclic) bond motifs is 1. The van der Waals surface area contributed by atoms with Gasteiger partial charge < -0.3 is 10.3 Å². The van der Waals surface area contributed by atoms with E-state index in [1.54, 1.807) is 23.3 Å². The van der Waals surface area contributed by atoms with E-state index in [0.717, 1.165) is 11.3 Å². The number of rotatable bonds is 6. The number of para-hydroxylation sites is 1. The van der Waals surface area contributed by atoms with Crippen molar-refractivity contribution in [2.45, 2.75) is 5.92 Å². The van der Waals surface area contributed by atoms with Crippen LogP contribution in [0.2, 0.25) is 0 Å². The lowest BCUT2D eigenvalue weighted by Gasteiger charge is -2.18. The maximum absolute atomic E-state index is 4.64. The van der Waals surface area contributed by atoms with Crippen LogP contribution in [0, 0.1) is 0 Å². The van der Waals surface area contributed by atoms with Gasteiger partial charge in [-0.25, -0.2) is 9.67 Å². The van der Waals surface area contributed by atoms with Gasteiger partial charge in [0.15, 0.2) is 5.82 Å². The van der Waals surface area contributed by atoms with Crippen LogP contribution in [0.5, 0.6) is 0 Å². The third kappa shape index (κ3) is 3.48. The summed E-state index contributed by atoms with van der Waals surface area (Å²) in [6.45, 7) is 0.698. The molecule has 0 aliphatic heterocycles. The number of hydrogen-bond donors (Lipinski definition) is 2. The van der Waals surface area contributed by atoms with Crippen molar-refractivity contribution in [3.8, 4) is 5.82 Å². The first-order valence-electron chi connectivity index (χ1n) is 9.55. The molecule has 1 unspecified atom stereocenters. The molecule has 6 nitrogen and oxygen atoms in total. The molecule has 142 valence electrons. The van der Waals surface area contributed by atoms with Crippen molar-refractivity contribution >= 4 is 16.7 Å². The molecule has 0 aliphatic rings. The van der Waals surface area contributed by atoms with Crippen molar-refractivity contribution in [3.63, 3.8) is 0 Å². The molecule has 3 heterocycles. The maximum atomic E-state index is 4.64. The first kappa shape index (κ1) is 17.2. The lowest BCUT2D eigenvalue weighted by molar-refractivity contribution is 0.825. The van der Waals surface area contributed by atoms with Crippen molar-refractivity contribution in [1.29, 1.82) is 0 Å². The van der Waals surface area contributed by atoms with Gasteiger partial charge in [0.25, 0.3) is 0 Å². The zero-order valence-electron chi connectivity index (χ0n) is 15.7. The SMILES string of the molecule is c1ccc(C(CNc2cncc(-n3cccn3)n2)c2c[nH]c3ccccc23)cc1. The van der Waals surface area contributed by atoms with Crippen LogP contribution in [0.1, 0.15) is 17.0 Å². The van der Waals surface area contributed by atoms with Crippen LogP contribution in [-0.4, -0.2) is 31.3 Å². The van der Waals surface area contributed by atoms with Crippen LogP contribution in [0.4, 0.5) is 5.82 Å². The molecule has 3 aromatic heterocycles. The summed E-state index contributed by atoms with van der Waals surface area (Å²) in [7, 11) is 0. The highest BCUT2D eigenvalue weighted by Crippen LogP contribution is 2.31. The Hall–Kier alpha value is -3.93. The maximum Gasteiger partial charge on any atom is 0.173 e. The molecule has 29 heavy (non-hydrogen) atoms. The van der Waals surface area contributed by atoms with Gasteiger partial charge >= 0.3 is 0 Å². The number of anilines is 1. The summed E-state index contributed by atoms with van der Waals surface area (Å²) in [6, 6.07) is 20.8. The summed E-state index contributed by atoms with van der Waals surface area (Å²) in [5, 5.41) is 8.93. The van der Waals surface area contributed by atoms with Crippen LogP contribution in [0.15, 0.2) is 91.6 Å². The molecule has 0 spiro atoms. The van der Waals surface area contributed by atoms with Gasteiger partial charge in [-0.3, -0.25) is 4.98 Å². The van der Waals surface area contributed by atoms with Crippen LogP contribution >= 0.6 is 0 Å². The van der Waals surface area contributed by atoms with E-state index in [1.807, 2.05) is 18.3 Å². The molecule has 1 atom stereocenters. The first-order chi connectivity index (χ1) is 14.4. The van der Waals surface area contributed by atoms with Gasteiger partial charge in [0.2, 0.25) is 0 Å². The summed E-state index contributed by atoms with van der Waals surface area (Å²) in [5.41, 5.74) is 3.65. The van der Waals surface area contributed by atoms with Crippen LogP contribution in [0.25, 0.3) is 16.7 Å². The Morgan fingerprint density at radius 3 is 2.69 bits per heavy atom. The van der Waals surface area contributed by atoms with Gasteiger partial charge in [-0.15, -0.1) is 0 Å². The van der Waals surface area contributed by atoms with Crippen molar-refractivity contribution < 1.29 is 0 Å². The second-order valence-corrected chi connectivity index (χ2v) is 6.85. The van der Waals surface area contributed by atoms with E-state index < -0.39 is 0 Å². The normalized spacial score (nSPS) is 12.1. The molecule has 6 heteroatoms.